The molecule has 1 atom stereocenters. The van der Waals surface area contributed by atoms with Crippen molar-refractivity contribution >= 4 is 23.3 Å². The maximum Gasteiger partial charge on any atom is 0.0746 e. The van der Waals surface area contributed by atoms with Crippen molar-refractivity contribution in [3.63, 3.8) is 0 Å². The summed E-state index contributed by atoms with van der Waals surface area (Å²) >= 11 is 0. The lowest BCUT2D eigenvalue weighted by molar-refractivity contribution is 0.316. The summed E-state index contributed by atoms with van der Waals surface area (Å²) in [6.45, 7) is 4.55. The Hall–Kier alpha value is -1.16. The van der Waals surface area contributed by atoms with E-state index >= 15 is 0 Å². The van der Waals surface area contributed by atoms with Gasteiger partial charge in [-0.3, -0.25) is 9.88 Å². The van der Waals surface area contributed by atoms with Crippen LogP contribution < -0.4 is 5.32 Å². The van der Waals surface area contributed by atoms with Crippen LogP contribution in [-0.4, -0.2) is 36.6 Å². The van der Waals surface area contributed by atoms with Crippen LogP contribution in [0.15, 0.2) is 36.5 Å². The molecule has 20 heavy (non-hydrogen) atoms. The molecular weight excluding hydrogens is 270 g/mol. The summed E-state index contributed by atoms with van der Waals surface area (Å²) in [7, 11) is 2.04. The third kappa shape index (κ3) is 3.29. The number of halogens is 1. The summed E-state index contributed by atoms with van der Waals surface area (Å²) in [6.07, 6.45) is 3.19. The minimum absolute atomic E-state index is 0. The first-order chi connectivity index (χ1) is 9.36. The van der Waals surface area contributed by atoms with Crippen LogP contribution in [0, 0.1) is 5.92 Å². The van der Waals surface area contributed by atoms with E-state index in [-0.39, 0.29) is 12.4 Å². The van der Waals surface area contributed by atoms with Gasteiger partial charge in [-0.25, -0.2) is 0 Å². The number of para-hydroxylation sites is 1. The molecule has 108 valence electrons. The number of likely N-dealkylation sites (tertiary alicyclic amines) is 1. The van der Waals surface area contributed by atoms with Gasteiger partial charge in [0.1, 0.15) is 0 Å². The maximum atomic E-state index is 4.54. The predicted octanol–water partition coefficient (Wildman–Crippen LogP) is 2.70. The molecule has 3 rings (SSSR count). The lowest BCUT2D eigenvalue weighted by Gasteiger charge is -2.17. The van der Waals surface area contributed by atoms with E-state index in [1.165, 1.54) is 30.5 Å². The van der Waals surface area contributed by atoms with Crippen LogP contribution in [0.5, 0.6) is 0 Å². The van der Waals surface area contributed by atoms with Gasteiger partial charge in [-0.2, -0.15) is 0 Å². The minimum atomic E-state index is 0. The van der Waals surface area contributed by atoms with Gasteiger partial charge in [-0.1, -0.05) is 24.3 Å². The molecule has 0 aliphatic carbocycles. The van der Waals surface area contributed by atoms with Crippen molar-refractivity contribution in [2.75, 3.05) is 26.7 Å². The molecule has 1 saturated heterocycles. The van der Waals surface area contributed by atoms with E-state index in [2.05, 4.69) is 39.5 Å². The highest BCUT2D eigenvalue weighted by atomic mass is 35.5. The number of benzene rings is 1. The lowest BCUT2D eigenvalue weighted by atomic mass is 10.1. The molecular formula is C16H22ClN3. The van der Waals surface area contributed by atoms with E-state index in [4.69, 9.17) is 0 Å². The summed E-state index contributed by atoms with van der Waals surface area (Å²) < 4.78 is 0. The molecule has 1 aromatic carbocycles. The summed E-state index contributed by atoms with van der Waals surface area (Å²) in [5, 5.41) is 4.53. The van der Waals surface area contributed by atoms with Gasteiger partial charge in [-0.05, 0) is 44.1 Å². The van der Waals surface area contributed by atoms with Crippen LogP contribution >= 0.6 is 12.4 Å². The van der Waals surface area contributed by atoms with E-state index in [9.17, 15) is 0 Å². The van der Waals surface area contributed by atoms with Gasteiger partial charge >= 0.3 is 0 Å². The van der Waals surface area contributed by atoms with Crippen LogP contribution in [0.3, 0.4) is 0 Å². The quantitative estimate of drug-likeness (QED) is 0.939. The summed E-state index contributed by atoms with van der Waals surface area (Å²) in [5.41, 5.74) is 2.50. The van der Waals surface area contributed by atoms with Gasteiger partial charge < -0.3 is 5.32 Å². The number of pyridine rings is 1. The van der Waals surface area contributed by atoms with Crippen LogP contribution in [0.25, 0.3) is 10.9 Å². The Balaban J connectivity index is 0.00000147. The van der Waals surface area contributed by atoms with Crippen molar-refractivity contribution in [2.24, 2.45) is 5.92 Å². The van der Waals surface area contributed by atoms with E-state index < -0.39 is 0 Å². The number of hydrogen-bond donors (Lipinski definition) is 1. The van der Waals surface area contributed by atoms with Gasteiger partial charge in [-0.15, -0.1) is 12.4 Å². The van der Waals surface area contributed by atoms with Crippen LogP contribution in [0.1, 0.15) is 12.0 Å². The Kier molecular flexibility index (Phi) is 5.35. The van der Waals surface area contributed by atoms with Crippen molar-refractivity contribution in [1.82, 2.24) is 15.2 Å². The fraction of sp³-hybridized carbons (Fsp3) is 0.438. The first-order valence-electron chi connectivity index (χ1n) is 7.06. The molecule has 3 nitrogen and oxygen atoms in total. The van der Waals surface area contributed by atoms with Gasteiger partial charge in [0.15, 0.2) is 0 Å². The molecule has 0 amide bonds. The molecule has 0 radical (unpaired) electrons. The molecule has 1 aromatic heterocycles. The van der Waals surface area contributed by atoms with Gasteiger partial charge in [0, 0.05) is 24.7 Å². The van der Waals surface area contributed by atoms with Gasteiger partial charge in [0.25, 0.3) is 0 Å². The number of hydrogen-bond acceptors (Lipinski definition) is 3. The zero-order chi connectivity index (χ0) is 13.1. The summed E-state index contributed by atoms with van der Waals surface area (Å²) in [5.74, 6) is 0.799. The number of rotatable bonds is 4. The molecule has 1 N–H and O–H groups in total. The average Bonchev–Trinajstić information content (AvgIpc) is 2.87. The van der Waals surface area contributed by atoms with Crippen molar-refractivity contribution in [3.8, 4) is 0 Å². The van der Waals surface area contributed by atoms with Crippen molar-refractivity contribution in [3.05, 3.63) is 42.1 Å². The highest BCUT2D eigenvalue weighted by Crippen LogP contribution is 2.22. The molecule has 1 fully saturated rings. The minimum Gasteiger partial charge on any atom is -0.319 e. The Morgan fingerprint density at radius 3 is 3.00 bits per heavy atom. The highest BCUT2D eigenvalue weighted by Gasteiger charge is 2.22. The fourth-order valence-corrected chi connectivity index (χ4v) is 3.05. The number of aromatic nitrogens is 1. The lowest BCUT2D eigenvalue weighted by Crippen LogP contribution is -2.24. The third-order valence-electron chi connectivity index (χ3n) is 3.97. The highest BCUT2D eigenvalue weighted by molar-refractivity contribution is 5.85. The van der Waals surface area contributed by atoms with Crippen molar-refractivity contribution in [2.45, 2.75) is 13.0 Å². The standard InChI is InChI=1S/C16H21N3.ClH/c1-17-10-13-7-9-19(11-13)12-15-5-2-4-14-6-3-8-18-16(14)15;/h2-6,8,13,17H,7,9-12H2,1H3;1H. The molecule has 0 saturated carbocycles. The average molecular weight is 292 g/mol. The summed E-state index contributed by atoms with van der Waals surface area (Å²) in [4.78, 5) is 7.09. The third-order valence-corrected chi connectivity index (χ3v) is 3.97. The molecule has 0 bridgehead atoms. The molecule has 2 heterocycles. The monoisotopic (exact) mass is 291 g/mol. The molecule has 1 unspecified atom stereocenters. The smallest absolute Gasteiger partial charge is 0.0746 e. The largest absolute Gasteiger partial charge is 0.319 e. The zero-order valence-corrected chi connectivity index (χ0v) is 12.7. The van der Waals surface area contributed by atoms with Crippen LogP contribution in [-0.2, 0) is 6.54 Å². The predicted molar refractivity (Wildman–Crippen MR) is 86.3 cm³/mol. The Morgan fingerprint density at radius 1 is 1.30 bits per heavy atom. The first-order valence-corrected chi connectivity index (χ1v) is 7.06. The molecule has 0 spiro atoms. The molecule has 1 aliphatic rings. The van der Waals surface area contributed by atoms with Crippen LogP contribution in [0.2, 0.25) is 0 Å². The fourth-order valence-electron chi connectivity index (χ4n) is 3.05. The normalized spacial score (nSPS) is 19.1. The topological polar surface area (TPSA) is 28.2 Å². The zero-order valence-electron chi connectivity index (χ0n) is 11.9. The van der Waals surface area contributed by atoms with E-state index in [1.807, 2.05) is 19.3 Å². The van der Waals surface area contributed by atoms with Gasteiger partial charge in [0.05, 0.1) is 5.52 Å². The number of nitrogens with zero attached hydrogens (tertiary/aromatic N) is 2. The second kappa shape index (κ2) is 7.02. The Bertz CT molecular complexity index is 553. The number of nitrogens with one attached hydrogen (secondary N) is 1. The maximum absolute atomic E-state index is 4.54. The molecule has 4 heteroatoms. The number of fused-ring (bicyclic) bond motifs is 1. The Labute approximate surface area is 126 Å². The van der Waals surface area contributed by atoms with Crippen molar-refractivity contribution < 1.29 is 0 Å². The van der Waals surface area contributed by atoms with Crippen molar-refractivity contribution in [1.29, 1.82) is 0 Å². The summed E-state index contributed by atoms with van der Waals surface area (Å²) in [6, 6.07) is 10.6. The van der Waals surface area contributed by atoms with E-state index in [1.54, 1.807) is 0 Å². The molecule has 2 aromatic rings. The van der Waals surface area contributed by atoms with Gasteiger partial charge in [0.2, 0.25) is 0 Å². The van der Waals surface area contributed by atoms with Crippen LogP contribution in [0.4, 0.5) is 0 Å². The SMILES string of the molecule is CNCC1CCN(Cc2cccc3cccnc23)C1.Cl. The Morgan fingerprint density at radius 2 is 2.15 bits per heavy atom. The first kappa shape index (κ1) is 15.2. The molecule has 1 aliphatic heterocycles. The second-order valence-corrected chi connectivity index (χ2v) is 5.44. The van der Waals surface area contributed by atoms with E-state index in [0.717, 1.165) is 24.5 Å². The van der Waals surface area contributed by atoms with E-state index in [0.29, 0.717) is 0 Å². The second-order valence-electron chi connectivity index (χ2n) is 5.44.